The molecule has 0 aliphatic heterocycles. The van der Waals surface area contributed by atoms with Gasteiger partial charge in [-0.05, 0) is 24.5 Å². The zero-order valence-corrected chi connectivity index (χ0v) is 11.4. The minimum Gasteiger partial charge on any atom is -0.409 e. The number of fused-ring (bicyclic) bond motifs is 1. The molecule has 0 aliphatic rings. The molecule has 0 radical (unpaired) electrons. The molecule has 0 aliphatic carbocycles. The Labute approximate surface area is 112 Å². The highest BCUT2D eigenvalue weighted by atomic mass is 16.4. The van der Waals surface area contributed by atoms with E-state index in [1.54, 1.807) is 0 Å². The van der Waals surface area contributed by atoms with Crippen LogP contribution in [0.15, 0.2) is 29.4 Å². The van der Waals surface area contributed by atoms with Gasteiger partial charge in [0.25, 0.3) is 0 Å². The van der Waals surface area contributed by atoms with E-state index in [0.29, 0.717) is 12.3 Å². The lowest BCUT2D eigenvalue weighted by molar-refractivity contribution is 0.317. The number of amidine groups is 1. The molecule has 1 aromatic carbocycles. The summed E-state index contributed by atoms with van der Waals surface area (Å²) in [7, 11) is 0. The average molecular weight is 260 g/mol. The van der Waals surface area contributed by atoms with Crippen molar-refractivity contribution in [2.45, 2.75) is 33.2 Å². The average Bonchev–Trinajstić information content (AvgIpc) is 2.73. The van der Waals surface area contributed by atoms with E-state index in [2.05, 4.69) is 34.6 Å². The van der Waals surface area contributed by atoms with E-state index < -0.39 is 0 Å². The first-order valence-corrected chi connectivity index (χ1v) is 6.52. The fourth-order valence-electron chi connectivity index (χ4n) is 2.09. The Kier molecular flexibility index (Phi) is 4.04. The molecular weight excluding hydrogens is 240 g/mol. The fraction of sp³-hybridized carbons (Fsp3) is 0.429. The molecule has 0 bridgehead atoms. The highest BCUT2D eigenvalue weighted by molar-refractivity contribution is 5.83. The van der Waals surface area contributed by atoms with E-state index >= 15 is 0 Å². The van der Waals surface area contributed by atoms with Crippen molar-refractivity contribution in [2.24, 2.45) is 16.8 Å². The van der Waals surface area contributed by atoms with Gasteiger partial charge in [-0.3, -0.25) is 0 Å². The lowest BCUT2D eigenvalue weighted by Crippen LogP contribution is -2.18. The van der Waals surface area contributed by atoms with Crippen LogP contribution in [-0.2, 0) is 13.0 Å². The van der Waals surface area contributed by atoms with Crippen molar-refractivity contribution < 1.29 is 5.21 Å². The quantitative estimate of drug-likeness (QED) is 0.375. The molecule has 2 aromatic rings. The highest BCUT2D eigenvalue weighted by Crippen LogP contribution is 2.18. The van der Waals surface area contributed by atoms with Crippen molar-refractivity contribution >= 4 is 16.9 Å². The van der Waals surface area contributed by atoms with Gasteiger partial charge in [-0.25, -0.2) is 4.98 Å². The summed E-state index contributed by atoms with van der Waals surface area (Å²) < 4.78 is 2.16. The van der Waals surface area contributed by atoms with Gasteiger partial charge in [0.15, 0.2) is 0 Å². The lowest BCUT2D eigenvalue weighted by Gasteiger charge is -2.10. The number of oxime groups is 1. The third-order valence-corrected chi connectivity index (χ3v) is 3.13. The largest absolute Gasteiger partial charge is 0.409 e. The second kappa shape index (κ2) is 5.73. The number of aryl methyl sites for hydroxylation is 1. The van der Waals surface area contributed by atoms with E-state index in [0.717, 1.165) is 29.8 Å². The summed E-state index contributed by atoms with van der Waals surface area (Å²) >= 11 is 0. The smallest absolute Gasteiger partial charge is 0.146 e. The van der Waals surface area contributed by atoms with Crippen LogP contribution < -0.4 is 5.73 Å². The minimum absolute atomic E-state index is 0.182. The van der Waals surface area contributed by atoms with Crippen molar-refractivity contribution in [1.82, 2.24) is 9.55 Å². The molecule has 1 aromatic heterocycles. The molecule has 102 valence electrons. The fourth-order valence-corrected chi connectivity index (χ4v) is 2.09. The Morgan fingerprint density at radius 1 is 1.42 bits per heavy atom. The number of nitrogens with two attached hydrogens (primary N) is 1. The Morgan fingerprint density at radius 3 is 2.84 bits per heavy atom. The van der Waals surface area contributed by atoms with Gasteiger partial charge in [-0.1, -0.05) is 31.1 Å². The molecule has 5 heteroatoms. The van der Waals surface area contributed by atoms with Crippen LogP contribution in [0, 0.1) is 5.92 Å². The summed E-state index contributed by atoms with van der Waals surface area (Å²) in [6.07, 6.45) is 1.44. The molecule has 5 nitrogen and oxygen atoms in total. The molecule has 0 saturated carbocycles. The van der Waals surface area contributed by atoms with Gasteiger partial charge in [-0.2, -0.15) is 0 Å². The zero-order valence-electron chi connectivity index (χ0n) is 11.4. The molecule has 3 N–H and O–H groups in total. The lowest BCUT2D eigenvalue weighted by atomic mass is 10.1. The van der Waals surface area contributed by atoms with Crippen LogP contribution in [0.3, 0.4) is 0 Å². The molecule has 0 amide bonds. The van der Waals surface area contributed by atoms with E-state index in [4.69, 9.17) is 10.9 Å². The molecule has 2 rings (SSSR count). The summed E-state index contributed by atoms with van der Waals surface area (Å²) in [5.74, 6) is 1.65. The molecular formula is C14H20N4O. The van der Waals surface area contributed by atoms with Gasteiger partial charge in [0.1, 0.15) is 11.7 Å². The summed E-state index contributed by atoms with van der Waals surface area (Å²) in [6.45, 7) is 5.29. The number of imidazole rings is 1. The zero-order chi connectivity index (χ0) is 13.8. The van der Waals surface area contributed by atoms with Gasteiger partial charge in [0, 0.05) is 6.54 Å². The number of hydrogen-bond acceptors (Lipinski definition) is 3. The molecule has 0 saturated heterocycles. The Morgan fingerprint density at radius 2 is 2.16 bits per heavy atom. The van der Waals surface area contributed by atoms with Crippen LogP contribution in [0.2, 0.25) is 0 Å². The normalized spacial score (nSPS) is 12.5. The molecule has 0 atom stereocenters. The van der Waals surface area contributed by atoms with Crippen molar-refractivity contribution in [3.63, 3.8) is 0 Å². The van der Waals surface area contributed by atoms with E-state index in [9.17, 15) is 0 Å². The van der Waals surface area contributed by atoms with Gasteiger partial charge in [-0.15, -0.1) is 0 Å². The Bertz CT molecular complexity index is 586. The van der Waals surface area contributed by atoms with Crippen LogP contribution in [-0.4, -0.2) is 20.6 Å². The maximum atomic E-state index is 8.71. The van der Waals surface area contributed by atoms with Crippen LogP contribution in [0.1, 0.15) is 26.1 Å². The van der Waals surface area contributed by atoms with Crippen molar-refractivity contribution in [1.29, 1.82) is 0 Å². The van der Waals surface area contributed by atoms with Crippen molar-refractivity contribution in [2.75, 3.05) is 0 Å². The Hall–Kier alpha value is -2.04. The maximum Gasteiger partial charge on any atom is 0.146 e. The number of para-hydroxylation sites is 2. The second-order valence-corrected chi connectivity index (χ2v) is 5.12. The van der Waals surface area contributed by atoms with Crippen LogP contribution >= 0.6 is 0 Å². The summed E-state index contributed by atoms with van der Waals surface area (Å²) in [5, 5.41) is 11.7. The topological polar surface area (TPSA) is 76.4 Å². The van der Waals surface area contributed by atoms with Gasteiger partial charge in [0.2, 0.25) is 0 Å². The predicted molar refractivity (Wildman–Crippen MR) is 76.3 cm³/mol. The number of nitrogens with zero attached hydrogens (tertiary/aromatic N) is 3. The van der Waals surface area contributed by atoms with Crippen molar-refractivity contribution in [3.05, 3.63) is 30.1 Å². The number of aromatic nitrogens is 2. The summed E-state index contributed by atoms with van der Waals surface area (Å²) in [4.78, 5) is 4.57. The van der Waals surface area contributed by atoms with Crippen LogP contribution in [0.25, 0.3) is 11.0 Å². The van der Waals surface area contributed by atoms with Crippen LogP contribution in [0.5, 0.6) is 0 Å². The van der Waals surface area contributed by atoms with Gasteiger partial charge in [0.05, 0.1) is 17.5 Å². The molecule has 1 heterocycles. The van der Waals surface area contributed by atoms with E-state index in [1.165, 1.54) is 0 Å². The minimum atomic E-state index is 0.182. The van der Waals surface area contributed by atoms with E-state index in [-0.39, 0.29) is 5.84 Å². The first-order chi connectivity index (χ1) is 9.11. The SMILES string of the molecule is CC(C)CCn1c(CC(N)=NO)nc2ccccc21. The number of hydrogen-bond donors (Lipinski definition) is 2. The first kappa shape index (κ1) is 13.4. The third-order valence-electron chi connectivity index (χ3n) is 3.13. The van der Waals surface area contributed by atoms with E-state index in [1.807, 2.05) is 18.2 Å². The summed E-state index contributed by atoms with van der Waals surface area (Å²) in [6, 6.07) is 8.01. The van der Waals surface area contributed by atoms with Crippen LogP contribution in [0.4, 0.5) is 0 Å². The number of benzene rings is 1. The van der Waals surface area contributed by atoms with Gasteiger partial charge < -0.3 is 15.5 Å². The molecule has 0 spiro atoms. The molecule has 0 fully saturated rings. The predicted octanol–water partition coefficient (Wildman–Crippen LogP) is 2.37. The Balaban J connectivity index is 2.39. The highest BCUT2D eigenvalue weighted by Gasteiger charge is 2.12. The molecule has 19 heavy (non-hydrogen) atoms. The second-order valence-electron chi connectivity index (χ2n) is 5.12. The first-order valence-electron chi connectivity index (χ1n) is 6.52. The molecule has 0 unspecified atom stereocenters. The summed E-state index contributed by atoms with van der Waals surface area (Å²) in [5.41, 5.74) is 7.65. The maximum absolute atomic E-state index is 8.71. The standard InChI is InChI=1S/C14H20N4O/c1-10(2)7-8-18-12-6-4-3-5-11(12)16-14(18)9-13(15)17-19/h3-6,10,19H,7-9H2,1-2H3,(H2,15,17). The number of rotatable bonds is 5. The third kappa shape index (κ3) is 3.05. The van der Waals surface area contributed by atoms with Crippen molar-refractivity contribution in [3.8, 4) is 0 Å². The van der Waals surface area contributed by atoms with Gasteiger partial charge >= 0.3 is 0 Å². The monoisotopic (exact) mass is 260 g/mol.